The Labute approximate surface area is 169 Å². The number of fused-ring (bicyclic) bond motifs is 3. The van der Waals surface area contributed by atoms with Gasteiger partial charge in [0, 0.05) is 26.7 Å². The molecular formula is C21H27N5O3. The van der Waals surface area contributed by atoms with E-state index in [9.17, 15) is 9.59 Å². The smallest absolute Gasteiger partial charge is 0.332 e. The van der Waals surface area contributed by atoms with Crippen LogP contribution in [0.15, 0.2) is 33.9 Å². The summed E-state index contributed by atoms with van der Waals surface area (Å²) in [7, 11) is 3.32. The van der Waals surface area contributed by atoms with E-state index in [2.05, 4.69) is 11.8 Å². The van der Waals surface area contributed by atoms with Gasteiger partial charge in [0.2, 0.25) is 5.95 Å². The molecule has 1 aromatic carbocycles. The van der Waals surface area contributed by atoms with E-state index in [1.54, 1.807) is 14.2 Å². The van der Waals surface area contributed by atoms with Crippen molar-refractivity contribution in [2.75, 3.05) is 18.6 Å². The normalized spacial score (nSPS) is 16.5. The second kappa shape index (κ2) is 7.09. The molecule has 1 atom stereocenters. The topological polar surface area (TPSA) is 74.3 Å². The number of para-hydroxylation sites is 2. The van der Waals surface area contributed by atoms with Gasteiger partial charge in [0.15, 0.2) is 11.2 Å². The number of benzene rings is 1. The highest BCUT2D eigenvalue weighted by molar-refractivity contribution is 5.78. The van der Waals surface area contributed by atoms with Crippen LogP contribution in [0.4, 0.5) is 11.6 Å². The lowest BCUT2D eigenvalue weighted by atomic mass is 10.1. The first kappa shape index (κ1) is 19.3. The fourth-order valence-electron chi connectivity index (χ4n) is 4.09. The number of methoxy groups -OCH3 is 1. The van der Waals surface area contributed by atoms with Crippen LogP contribution in [0.3, 0.4) is 0 Å². The average Bonchev–Trinajstić information content (AvgIpc) is 3.08. The molecule has 29 heavy (non-hydrogen) atoms. The van der Waals surface area contributed by atoms with Crippen molar-refractivity contribution in [1.82, 2.24) is 18.7 Å². The Hall–Kier alpha value is -3.03. The molecule has 0 unspecified atom stereocenters. The van der Waals surface area contributed by atoms with Crippen molar-refractivity contribution in [3.8, 4) is 5.75 Å². The Bertz CT molecular complexity index is 1190. The molecule has 0 bridgehead atoms. The summed E-state index contributed by atoms with van der Waals surface area (Å²) in [6.07, 6.45) is 0. The van der Waals surface area contributed by atoms with Crippen molar-refractivity contribution >= 4 is 22.8 Å². The number of rotatable bonds is 4. The van der Waals surface area contributed by atoms with Gasteiger partial charge in [0.25, 0.3) is 5.56 Å². The van der Waals surface area contributed by atoms with Crippen LogP contribution in [0.5, 0.6) is 5.75 Å². The average molecular weight is 397 g/mol. The maximum Gasteiger partial charge on any atom is 0.332 e. The van der Waals surface area contributed by atoms with Crippen LogP contribution in [-0.2, 0) is 20.1 Å². The first-order valence-electron chi connectivity index (χ1n) is 9.94. The molecule has 2 aromatic heterocycles. The maximum absolute atomic E-state index is 13.3. The molecule has 4 rings (SSSR count). The predicted molar refractivity (Wildman–Crippen MR) is 113 cm³/mol. The number of ether oxygens (including phenoxy) is 1. The lowest BCUT2D eigenvalue weighted by Gasteiger charge is -2.33. The molecule has 0 fully saturated rings. The molecule has 0 radical (unpaired) electrons. The van der Waals surface area contributed by atoms with Crippen LogP contribution in [0.1, 0.15) is 20.8 Å². The number of nitrogens with zero attached hydrogens (tertiary/aromatic N) is 5. The molecule has 8 heteroatoms. The first-order valence-corrected chi connectivity index (χ1v) is 9.94. The van der Waals surface area contributed by atoms with Crippen LogP contribution >= 0.6 is 0 Å². The van der Waals surface area contributed by atoms with Gasteiger partial charge in [-0.25, -0.2) is 4.79 Å². The van der Waals surface area contributed by atoms with E-state index in [4.69, 9.17) is 9.72 Å². The van der Waals surface area contributed by atoms with Gasteiger partial charge in [0.05, 0.1) is 12.8 Å². The fourth-order valence-corrected chi connectivity index (χ4v) is 4.09. The van der Waals surface area contributed by atoms with Crippen LogP contribution in [-0.4, -0.2) is 32.3 Å². The summed E-state index contributed by atoms with van der Waals surface area (Å²) < 4.78 is 10.3. The Morgan fingerprint density at radius 3 is 2.62 bits per heavy atom. The molecule has 1 aliphatic heterocycles. The minimum absolute atomic E-state index is 0.186. The lowest BCUT2D eigenvalue weighted by Crippen LogP contribution is -2.41. The second-order valence-electron chi connectivity index (χ2n) is 8.23. The summed E-state index contributed by atoms with van der Waals surface area (Å²) in [6, 6.07) is 7.77. The van der Waals surface area contributed by atoms with Crippen LogP contribution in [0, 0.1) is 11.8 Å². The van der Waals surface area contributed by atoms with Gasteiger partial charge in [-0.2, -0.15) is 4.98 Å². The van der Waals surface area contributed by atoms with Gasteiger partial charge in [-0.3, -0.25) is 13.9 Å². The highest BCUT2D eigenvalue weighted by Crippen LogP contribution is 2.37. The monoisotopic (exact) mass is 397 g/mol. The zero-order valence-electron chi connectivity index (χ0n) is 17.5. The summed E-state index contributed by atoms with van der Waals surface area (Å²) >= 11 is 0. The number of aryl methyl sites for hydroxylation is 1. The predicted octanol–water partition coefficient (Wildman–Crippen LogP) is 2.35. The third kappa shape index (κ3) is 3.03. The second-order valence-corrected chi connectivity index (χ2v) is 8.23. The highest BCUT2D eigenvalue weighted by Gasteiger charge is 2.31. The SMILES string of the molecule is COc1ccccc1N1C[C@H](C)Cn2c1nc1c2c(=O)n(CC(C)C)c(=O)n1C. The molecule has 3 aromatic rings. The molecule has 0 saturated heterocycles. The number of aromatic nitrogens is 4. The number of hydrogen-bond donors (Lipinski definition) is 0. The summed E-state index contributed by atoms with van der Waals surface area (Å²) in [5.74, 6) is 1.88. The molecular weight excluding hydrogens is 370 g/mol. The largest absolute Gasteiger partial charge is 0.495 e. The van der Waals surface area contributed by atoms with Gasteiger partial charge in [0.1, 0.15) is 5.75 Å². The van der Waals surface area contributed by atoms with Crippen molar-refractivity contribution in [2.45, 2.75) is 33.9 Å². The molecule has 0 saturated carbocycles. The molecule has 8 nitrogen and oxygen atoms in total. The molecule has 0 aliphatic carbocycles. The third-order valence-electron chi connectivity index (χ3n) is 5.37. The Kier molecular flexibility index (Phi) is 4.72. The quantitative estimate of drug-likeness (QED) is 0.676. The summed E-state index contributed by atoms with van der Waals surface area (Å²) in [6.45, 7) is 7.94. The van der Waals surface area contributed by atoms with Gasteiger partial charge in [-0.1, -0.05) is 32.9 Å². The minimum Gasteiger partial charge on any atom is -0.495 e. The van der Waals surface area contributed by atoms with Crippen molar-refractivity contribution in [2.24, 2.45) is 18.9 Å². The molecule has 0 amide bonds. The van der Waals surface area contributed by atoms with E-state index >= 15 is 0 Å². The van der Waals surface area contributed by atoms with Crippen molar-refractivity contribution in [3.63, 3.8) is 0 Å². The van der Waals surface area contributed by atoms with Crippen LogP contribution < -0.4 is 20.9 Å². The molecule has 154 valence electrons. The van der Waals surface area contributed by atoms with Gasteiger partial charge >= 0.3 is 5.69 Å². The van der Waals surface area contributed by atoms with Gasteiger partial charge < -0.3 is 14.2 Å². The third-order valence-corrected chi connectivity index (χ3v) is 5.37. The maximum atomic E-state index is 13.3. The number of imidazole rings is 1. The van der Waals surface area contributed by atoms with Crippen molar-refractivity contribution in [1.29, 1.82) is 0 Å². The zero-order chi connectivity index (χ0) is 20.9. The summed E-state index contributed by atoms with van der Waals surface area (Å²) in [5.41, 5.74) is 1.19. The van der Waals surface area contributed by atoms with Gasteiger partial charge in [-0.05, 0) is 24.0 Å². The highest BCUT2D eigenvalue weighted by atomic mass is 16.5. The molecule has 3 heterocycles. The molecule has 0 spiro atoms. The van der Waals surface area contributed by atoms with Gasteiger partial charge in [-0.15, -0.1) is 0 Å². The van der Waals surface area contributed by atoms with Crippen LogP contribution in [0.25, 0.3) is 11.2 Å². The standard InChI is InChI=1S/C21H27N5O3/c1-13(2)10-26-19(27)17-18(23(4)21(26)28)22-20-24(11-14(3)12-25(17)20)15-8-6-7-9-16(15)29-5/h6-9,13-14H,10-12H2,1-5H3/t14-/m0/s1. The fraction of sp³-hybridized carbons (Fsp3) is 0.476. The molecule has 1 aliphatic rings. The number of anilines is 2. The van der Waals surface area contributed by atoms with E-state index in [-0.39, 0.29) is 17.2 Å². The summed E-state index contributed by atoms with van der Waals surface area (Å²) in [4.78, 5) is 32.9. The zero-order valence-corrected chi connectivity index (χ0v) is 17.5. The lowest BCUT2D eigenvalue weighted by molar-refractivity contribution is 0.409. The Balaban J connectivity index is 2.01. The van der Waals surface area contributed by atoms with E-state index in [1.165, 1.54) is 9.13 Å². The van der Waals surface area contributed by atoms with E-state index in [1.807, 2.05) is 42.7 Å². The van der Waals surface area contributed by atoms with Crippen molar-refractivity contribution < 1.29 is 4.74 Å². The first-order chi connectivity index (χ1) is 13.8. The Morgan fingerprint density at radius 2 is 1.93 bits per heavy atom. The van der Waals surface area contributed by atoms with Crippen LogP contribution in [0.2, 0.25) is 0 Å². The summed E-state index contributed by atoms with van der Waals surface area (Å²) in [5, 5.41) is 0. The van der Waals surface area contributed by atoms with E-state index < -0.39 is 0 Å². The van der Waals surface area contributed by atoms with Crippen molar-refractivity contribution in [3.05, 3.63) is 45.1 Å². The molecule has 0 N–H and O–H groups in total. The minimum atomic E-state index is -0.330. The van der Waals surface area contributed by atoms with E-state index in [0.29, 0.717) is 36.1 Å². The Morgan fingerprint density at radius 1 is 1.21 bits per heavy atom. The van der Waals surface area contributed by atoms with E-state index in [0.717, 1.165) is 18.0 Å². The number of hydrogen-bond acceptors (Lipinski definition) is 5.